The molecule has 0 unspecified atom stereocenters. The first-order valence-corrected chi connectivity index (χ1v) is 7.18. The molecule has 0 atom stereocenters. The minimum absolute atomic E-state index is 0.250. The summed E-state index contributed by atoms with van der Waals surface area (Å²) in [5.41, 5.74) is 7.13. The summed E-state index contributed by atoms with van der Waals surface area (Å²) in [4.78, 5) is 0. The Morgan fingerprint density at radius 1 is 1.32 bits per heavy atom. The number of tetrazole rings is 1. The van der Waals surface area contributed by atoms with Crippen molar-refractivity contribution < 1.29 is 4.74 Å². The van der Waals surface area contributed by atoms with Crippen molar-refractivity contribution in [1.82, 2.24) is 20.2 Å². The number of ether oxygens (including phenoxy) is 1. The Labute approximate surface area is 133 Å². The Morgan fingerprint density at radius 3 is 2.86 bits per heavy atom. The summed E-state index contributed by atoms with van der Waals surface area (Å²) >= 11 is 4.02. The van der Waals surface area contributed by atoms with Gasteiger partial charge in [0.15, 0.2) is 5.82 Å². The molecule has 7 heteroatoms. The summed E-state index contributed by atoms with van der Waals surface area (Å²) in [5, 5.41) is 15.4. The standard InChI is InChI=1S/C15H15N5OS/c1-20-15(17-18-19-20)14-12-5-3-2-4-10(12)6-7-13(14)21-8-11(16)9-22/h2-7,9,22H,8,16H2,1H3/b11-9-. The number of nitrogens with two attached hydrogens (primary N) is 1. The molecule has 0 fully saturated rings. The maximum Gasteiger partial charge on any atom is 0.186 e. The molecule has 1 heterocycles. The van der Waals surface area contributed by atoms with E-state index in [-0.39, 0.29) is 6.61 Å². The van der Waals surface area contributed by atoms with Crippen LogP contribution in [0.3, 0.4) is 0 Å². The lowest BCUT2D eigenvalue weighted by atomic mass is 10.0. The molecule has 0 aliphatic heterocycles. The van der Waals surface area contributed by atoms with Crippen LogP contribution in [0, 0.1) is 0 Å². The van der Waals surface area contributed by atoms with E-state index in [0.717, 1.165) is 16.3 Å². The van der Waals surface area contributed by atoms with Crippen LogP contribution in [0.5, 0.6) is 5.75 Å². The van der Waals surface area contributed by atoms with E-state index in [9.17, 15) is 0 Å². The zero-order valence-electron chi connectivity index (χ0n) is 12.0. The van der Waals surface area contributed by atoms with Crippen molar-refractivity contribution in [2.45, 2.75) is 0 Å². The number of fused-ring (bicyclic) bond motifs is 1. The Bertz CT molecular complexity index is 843. The van der Waals surface area contributed by atoms with Gasteiger partial charge in [-0.15, -0.1) is 17.7 Å². The molecule has 3 aromatic rings. The molecule has 0 aliphatic rings. The predicted octanol–water partition coefficient (Wildman–Crippen LogP) is 2.14. The normalized spacial score (nSPS) is 11.8. The summed E-state index contributed by atoms with van der Waals surface area (Å²) in [5.74, 6) is 1.31. The second-order valence-electron chi connectivity index (χ2n) is 4.78. The first kappa shape index (κ1) is 14.4. The monoisotopic (exact) mass is 313 g/mol. The quantitative estimate of drug-likeness (QED) is 0.722. The molecular weight excluding hydrogens is 298 g/mol. The number of thiol groups is 1. The Kier molecular flexibility index (Phi) is 3.97. The molecule has 6 nitrogen and oxygen atoms in total. The summed E-state index contributed by atoms with van der Waals surface area (Å²) in [6, 6.07) is 11.9. The van der Waals surface area contributed by atoms with Crippen molar-refractivity contribution in [2.75, 3.05) is 6.61 Å². The zero-order valence-corrected chi connectivity index (χ0v) is 12.9. The molecular formula is C15H15N5OS. The van der Waals surface area contributed by atoms with Crippen LogP contribution in [-0.4, -0.2) is 26.8 Å². The number of rotatable bonds is 4. The maximum atomic E-state index is 5.83. The summed E-state index contributed by atoms with van der Waals surface area (Å²) in [6.45, 7) is 0.250. The zero-order chi connectivity index (χ0) is 15.5. The van der Waals surface area contributed by atoms with E-state index >= 15 is 0 Å². The third-order valence-corrected chi connectivity index (χ3v) is 3.63. The van der Waals surface area contributed by atoms with Gasteiger partial charge >= 0.3 is 0 Å². The van der Waals surface area contributed by atoms with Crippen molar-refractivity contribution in [2.24, 2.45) is 12.8 Å². The lowest BCUT2D eigenvalue weighted by molar-refractivity contribution is 0.352. The fourth-order valence-electron chi connectivity index (χ4n) is 2.24. The van der Waals surface area contributed by atoms with Crippen LogP contribution in [0.4, 0.5) is 0 Å². The van der Waals surface area contributed by atoms with Crippen LogP contribution in [-0.2, 0) is 7.05 Å². The minimum Gasteiger partial charge on any atom is -0.487 e. The van der Waals surface area contributed by atoms with Crippen LogP contribution in [0.25, 0.3) is 22.2 Å². The van der Waals surface area contributed by atoms with Gasteiger partial charge in [0.2, 0.25) is 0 Å². The molecule has 0 saturated heterocycles. The number of nitrogens with zero attached hydrogens (tertiary/aromatic N) is 4. The average molecular weight is 313 g/mol. The van der Waals surface area contributed by atoms with Crippen LogP contribution in [0.15, 0.2) is 47.5 Å². The predicted molar refractivity (Wildman–Crippen MR) is 88.5 cm³/mol. The van der Waals surface area contributed by atoms with Gasteiger partial charge < -0.3 is 10.5 Å². The Morgan fingerprint density at radius 2 is 2.14 bits per heavy atom. The number of benzene rings is 2. The van der Waals surface area contributed by atoms with Crippen molar-refractivity contribution >= 4 is 23.4 Å². The van der Waals surface area contributed by atoms with Gasteiger partial charge in [0.05, 0.1) is 11.3 Å². The van der Waals surface area contributed by atoms with Gasteiger partial charge in [0.25, 0.3) is 0 Å². The van der Waals surface area contributed by atoms with Crippen molar-refractivity contribution in [3.8, 4) is 17.1 Å². The first-order chi connectivity index (χ1) is 10.7. The molecule has 0 saturated carbocycles. The van der Waals surface area contributed by atoms with Gasteiger partial charge in [0.1, 0.15) is 12.4 Å². The van der Waals surface area contributed by atoms with Gasteiger partial charge in [-0.3, -0.25) is 0 Å². The molecule has 112 valence electrons. The third-order valence-electron chi connectivity index (χ3n) is 3.29. The smallest absolute Gasteiger partial charge is 0.186 e. The Hall–Kier alpha value is -2.54. The van der Waals surface area contributed by atoms with Gasteiger partial charge in [-0.25, -0.2) is 4.68 Å². The summed E-state index contributed by atoms with van der Waals surface area (Å²) < 4.78 is 7.44. The first-order valence-electron chi connectivity index (χ1n) is 6.66. The van der Waals surface area contributed by atoms with E-state index in [1.807, 2.05) is 36.4 Å². The minimum atomic E-state index is 0.250. The molecule has 0 aliphatic carbocycles. The lowest BCUT2D eigenvalue weighted by Crippen LogP contribution is -2.09. The summed E-state index contributed by atoms with van der Waals surface area (Å²) in [6.07, 6.45) is 0. The van der Waals surface area contributed by atoms with E-state index in [4.69, 9.17) is 10.5 Å². The van der Waals surface area contributed by atoms with Gasteiger partial charge in [-0.05, 0) is 32.7 Å². The fourth-order valence-corrected chi connectivity index (χ4v) is 2.32. The highest BCUT2D eigenvalue weighted by atomic mass is 32.1. The van der Waals surface area contributed by atoms with Crippen LogP contribution >= 0.6 is 12.6 Å². The number of hydrogen-bond acceptors (Lipinski definition) is 6. The topological polar surface area (TPSA) is 78.8 Å². The van der Waals surface area contributed by atoms with Crippen molar-refractivity contribution in [3.63, 3.8) is 0 Å². The molecule has 0 bridgehead atoms. The number of hydrogen-bond donors (Lipinski definition) is 2. The maximum absolute atomic E-state index is 5.83. The van der Waals surface area contributed by atoms with Crippen LogP contribution in [0.1, 0.15) is 0 Å². The molecule has 1 aromatic heterocycles. The van der Waals surface area contributed by atoms with E-state index in [1.165, 1.54) is 5.41 Å². The highest BCUT2D eigenvalue weighted by Crippen LogP contribution is 2.35. The van der Waals surface area contributed by atoms with Gasteiger partial charge in [-0.1, -0.05) is 30.3 Å². The SMILES string of the molecule is Cn1nnnc1-c1c(OC/C(N)=C/S)ccc2ccccc12. The van der Waals surface area contributed by atoms with Crippen molar-refractivity contribution in [1.29, 1.82) is 0 Å². The molecule has 2 aromatic carbocycles. The van der Waals surface area contributed by atoms with Crippen LogP contribution in [0.2, 0.25) is 0 Å². The molecule has 22 heavy (non-hydrogen) atoms. The van der Waals surface area contributed by atoms with E-state index in [2.05, 4.69) is 28.2 Å². The molecule has 0 radical (unpaired) electrons. The average Bonchev–Trinajstić information content (AvgIpc) is 2.97. The van der Waals surface area contributed by atoms with Gasteiger partial charge in [-0.2, -0.15) is 0 Å². The third kappa shape index (κ3) is 2.62. The molecule has 0 amide bonds. The van der Waals surface area contributed by atoms with E-state index in [1.54, 1.807) is 11.7 Å². The highest BCUT2D eigenvalue weighted by molar-refractivity contribution is 7.83. The molecule has 0 spiro atoms. The number of aryl methyl sites for hydroxylation is 1. The van der Waals surface area contributed by atoms with Crippen LogP contribution < -0.4 is 10.5 Å². The van der Waals surface area contributed by atoms with Crippen molar-refractivity contribution in [3.05, 3.63) is 47.5 Å². The highest BCUT2D eigenvalue weighted by Gasteiger charge is 2.16. The Balaban J connectivity index is 2.17. The van der Waals surface area contributed by atoms with E-state index < -0.39 is 0 Å². The van der Waals surface area contributed by atoms with Gasteiger partial charge in [0, 0.05) is 7.05 Å². The second-order valence-corrected chi connectivity index (χ2v) is 5.04. The number of aromatic nitrogens is 4. The summed E-state index contributed by atoms with van der Waals surface area (Å²) in [7, 11) is 1.79. The lowest BCUT2D eigenvalue weighted by Gasteiger charge is -2.13. The molecule has 2 N–H and O–H groups in total. The fraction of sp³-hybridized carbons (Fsp3) is 0.133. The second kappa shape index (κ2) is 6.07. The largest absolute Gasteiger partial charge is 0.487 e. The molecule has 3 rings (SSSR count). The van der Waals surface area contributed by atoms with E-state index in [0.29, 0.717) is 17.3 Å².